The average Bonchev–Trinajstić information content (AvgIpc) is 2.66. The van der Waals surface area contributed by atoms with Crippen molar-refractivity contribution in [2.24, 2.45) is 0 Å². The fraction of sp³-hybridized carbons (Fsp3) is 0.769. The molecule has 1 aromatic rings. The first kappa shape index (κ1) is 14.2. The lowest BCUT2D eigenvalue weighted by molar-refractivity contribution is -0.00910. The van der Waals surface area contributed by atoms with Gasteiger partial charge in [0.1, 0.15) is 5.82 Å². The summed E-state index contributed by atoms with van der Waals surface area (Å²) in [6, 6.07) is 0. The second-order valence-corrected chi connectivity index (χ2v) is 4.83. The van der Waals surface area contributed by atoms with E-state index in [2.05, 4.69) is 35.6 Å². The number of ether oxygens (including phenoxy) is 1. The minimum absolute atomic E-state index is 0.114. The van der Waals surface area contributed by atoms with Gasteiger partial charge in [-0.1, -0.05) is 6.92 Å². The van der Waals surface area contributed by atoms with E-state index in [1.54, 1.807) is 0 Å². The number of rotatable bonds is 8. The first-order chi connectivity index (χ1) is 8.09. The largest absolute Gasteiger partial charge is 0.375 e. The molecule has 1 heterocycles. The molecule has 0 amide bonds. The highest BCUT2D eigenvalue weighted by Gasteiger charge is 2.16. The lowest BCUT2D eigenvalue weighted by atomic mass is 10.1. The van der Waals surface area contributed by atoms with Gasteiger partial charge in [0.15, 0.2) is 0 Å². The molecule has 0 saturated heterocycles. The molecule has 4 nitrogen and oxygen atoms in total. The summed E-state index contributed by atoms with van der Waals surface area (Å²) < 4.78 is 7.83. The molecule has 1 rings (SSSR count). The van der Waals surface area contributed by atoms with Gasteiger partial charge >= 0.3 is 0 Å². The normalized spacial score (nSPS) is 12.0. The summed E-state index contributed by atoms with van der Waals surface area (Å²) in [6.07, 6.45) is 5.03. The molecule has 0 spiro atoms. The number of nitrogens with one attached hydrogen (secondary N) is 1. The van der Waals surface area contributed by atoms with Gasteiger partial charge in [0, 0.05) is 32.1 Å². The van der Waals surface area contributed by atoms with Crippen molar-refractivity contribution in [2.45, 2.75) is 52.8 Å². The molecular weight excluding hydrogens is 214 g/mol. The van der Waals surface area contributed by atoms with E-state index in [1.165, 1.54) is 0 Å². The minimum atomic E-state index is -0.114. The van der Waals surface area contributed by atoms with Crippen LogP contribution in [0.5, 0.6) is 0 Å². The van der Waals surface area contributed by atoms with E-state index in [0.29, 0.717) is 0 Å². The Hall–Kier alpha value is -0.870. The van der Waals surface area contributed by atoms with E-state index >= 15 is 0 Å². The molecule has 0 aliphatic rings. The second-order valence-electron chi connectivity index (χ2n) is 4.83. The zero-order valence-corrected chi connectivity index (χ0v) is 11.5. The van der Waals surface area contributed by atoms with E-state index in [1.807, 2.05) is 19.3 Å². The summed E-state index contributed by atoms with van der Waals surface area (Å²) in [6.45, 7) is 11.8. The molecule has 17 heavy (non-hydrogen) atoms. The Bertz CT molecular complexity index is 320. The molecular formula is C13H25N3O. The number of aryl methyl sites for hydroxylation is 1. The van der Waals surface area contributed by atoms with E-state index < -0.39 is 0 Å². The number of hydrogen-bond acceptors (Lipinski definition) is 3. The Kier molecular flexibility index (Phi) is 5.65. The van der Waals surface area contributed by atoms with Crippen LogP contribution in [0.25, 0.3) is 0 Å². The molecule has 0 aromatic carbocycles. The van der Waals surface area contributed by atoms with Crippen LogP contribution in [0.3, 0.4) is 0 Å². The van der Waals surface area contributed by atoms with E-state index in [0.717, 1.165) is 38.5 Å². The Morgan fingerprint density at radius 2 is 2.18 bits per heavy atom. The second kappa shape index (κ2) is 6.77. The zero-order valence-electron chi connectivity index (χ0n) is 11.5. The average molecular weight is 239 g/mol. The van der Waals surface area contributed by atoms with E-state index in [-0.39, 0.29) is 5.60 Å². The van der Waals surface area contributed by atoms with Crippen molar-refractivity contribution < 1.29 is 4.74 Å². The molecule has 0 aliphatic carbocycles. The van der Waals surface area contributed by atoms with Crippen molar-refractivity contribution in [1.29, 1.82) is 0 Å². The van der Waals surface area contributed by atoms with Crippen molar-refractivity contribution in [2.75, 3.05) is 13.2 Å². The third-order valence-corrected chi connectivity index (χ3v) is 2.64. The van der Waals surface area contributed by atoms with Crippen molar-refractivity contribution in [3.63, 3.8) is 0 Å². The van der Waals surface area contributed by atoms with Gasteiger partial charge in [0.05, 0.1) is 12.1 Å². The maximum absolute atomic E-state index is 5.64. The Morgan fingerprint density at radius 1 is 1.41 bits per heavy atom. The van der Waals surface area contributed by atoms with Gasteiger partial charge in [-0.15, -0.1) is 0 Å². The summed E-state index contributed by atoms with van der Waals surface area (Å²) in [5, 5.41) is 3.40. The van der Waals surface area contributed by atoms with Crippen LogP contribution in [0.15, 0.2) is 12.4 Å². The highest BCUT2D eigenvalue weighted by atomic mass is 16.5. The first-order valence-electron chi connectivity index (χ1n) is 6.43. The fourth-order valence-corrected chi connectivity index (χ4v) is 1.87. The molecule has 0 fully saturated rings. The SMILES string of the molecule is CCCn1ccnc1CNCC(C)(C)OCC. The summed E-state index contributed by atoms with van der Waals surface area (Å²) in [5.41, 5.74) is -0.114. The van der Waals surface area contributed by atoms with Crippen molar-refractivity contribution in [3.05, 3.63) is 18.2 Å². The third-order valence-electron chi connectivity index (χ3n) is 2.64. The molecule has 0 saturated carbocycles. The smallest absolute Gasteiger partial charge is 0.122 e. The Balaban J connectivity index is 2.37. The van der Waals surface area contributed by atoms with E-state index in [4.69, 9.17) is 4.74 Å². The van der Waals surface area contributed by atoms with Crippen molar-refractivity contribution in [1.82, 2.24) is 14.9 Å². The zero-order chi connectivity index (χ0) is 12.7. The topological polar surface area (TPSA) is 39.1 Å². The van der Waals surface area contributed by atoms with Gasteiger partial charge in [0.25, 0.3) is 0 Å². The van der Waals surface area contributed by atoms with Crippen LogP contribution in [0.2, 0.25) is 0 Å². The number of hydrogen-bond donors (Lipinski definition) is 1. The quantitative estimate of drug-likeness (QED) is 0.756. The van der Waals surface area contributed by atoms with Crippen LogP contribution in [-0.2, 0) is 17.8 Å². The molecule has 0 bridgehead atoms. The van der Waals surface area contributed by atoms with E-state index in [9.17, 15) is 0 Å². The lowest BCUT2D eigenvalue weighted by Gasteiger charge is -2.25. The van der Waals surface area contributed by atoms with Crippen LogP contribution in [0.1, 0.15) is 39.9 Å². The molecule has 98 valence electrons. The van der Waals surface area contributed by atoms with Gasteiger partial charge in [-0.25, -0.2) is 4.98 Å². The highest BCUT2D eigenvalue weighted by Crippen LogP contribution is 2.07. The van der Waals surface area contributed by atoms with Crippen molar-refractivity contribution >= 4 is 0 Å². The predicted octanol–water partition coefficient (Wildman–Crippen LogP) is 2.20. The predicted molar refractivity (Wildman–Crippen MR) is 69.9 cm³/mol. The van der Waals surface area contributed by atoms with Gasteiger partial charge in [-0.3, -0.25) is 0 Å². The van der Waals surface area contributed by atoms with Gasteiger partial charge in [0.2, 0.25) is 0 Å². The molecule has 0 atom stereocenters. The monoisotopic (exact) mass is 239 g/mol. The molecule has 4 heteroatoms. The summed E-state index contributed by atoms with van der Waals surface area (Å²) in [7, 11) is 0. The number of nitrogens with zero attached hydrogens (tertiary/aromatic N) is 2. The lowest BCUT2D eigenvalue weighted by Crippen LogP contribution is -2.37. The first-order valence-corrected chi connectivity index (χ1v) is 6.43. The summed E-state index contributed by atoms with van der Waals surface area (Å²) in [4.78, 5) is 4.36. The molecule has 0 aliphatic heterocycles. The van der Waals surface area contributed by atoms with Gasteiger partial charge in [-0.2, -0.15) is 0 Å². The van der Waals surface area contributed by atoms with Crippen LogP contribution >= 0.6 is 0 Å². The third kappa shape index (κ3) is 4.88. The Labute approximate surface area is 104 Å². The maximum Gasteiger partial charge on any atom is 0.122 e. The molecule has 1 N–H and O–H groups in total. The van der Waals surface area contributed by atoms with Crippen molar-refractivity contribution in [3.8, 4) is 0 Å². The molecule has 0 radical (unpaired) electrons. The highest BCUT2D eigenvalue weighted by molar-refractivity contribution is 4.92. The van der Waals surface area contributed by atoms with Gasteiger partial charge < -0.3 is 14.6 Å². The number of imidazole rings is 1. The van der Waals surface area contributed by atoms with Gasteiger partial charge in [-0.05, 0) is 27.2 Å². The Morgan fingerprint density at radius 3 is 2.82 bits per heavy atom. The maximum atomic E-state index is 5.64. The van der Waals surface area contributed by atoms with Crippen LogP contribution in [-0.4, -0.2) is 28.3 Å². The molecule has 1 aromatic heterocycles. The van der Waals surface area contributed by atoms with Crippen LogP contribution in [0, 0.1) is 0 Å². The molecule has 0 unspecified atom stereocenters. The fourth-order valence-electron chi connectivity index (χ4n) is 1.87. The summed E-state index contributed by atoms with van der Waals surface area (Å²) >= 11 is 0. The van der Waals surface area contributed by atoms with Crippen LogP contribution < -0.4 is 5.32 Å². The standard InChI is InChI=1S/C13H25N3O/c1-5-8-16-9-7-15-12(16)10-14-11-13(3,4)17-6-2/h7,9,14H,5-6,8,10-11H2,1-4H3. The number of aromatic nitrogens is 2. The minimum Gasteiger partial charge on any atom is -0.375 e. The van der Waals surface area contributed by atoms with Crippen LogP contribution in [0.4, 0.5) is 0 Å². The summed E-state index contributed by atoms with van der Waals surface area (Å²) in [5.74, 6) is 1.10.